The minimum absolute atomic E-state index is 0.819. The van der Waals surface area contributed by atoms with Gasteiger partial charge in [0.15, 0.2) is 0 Å². The van der Waals surface area contributed by atoms with Crippen LogP contribution in [-0.4, -0.2) is 27.9 Å². The van der Waals surface area contributed by atoms with Gasteiger partial charge in [0.2, 0.25) is 0 Å². The molecule has 0 bridgehead atoms. The molecule has 0 radical (unpaired) electrons. The molecule has 0 fully saturated rings. The van der Waals surface area contributed by atoms with Gasteiger partial charge in [-0.05, 0) is 6.92 Å². The third-order valence-electron chi connectivity index (χ3n) is 0.622. The quantitative estimate of drug-likeness (QED) is 0.599. The van der Waals surface area contributed by atoms with E-state index >= 15 is 0 Å². The highest BCUT2D eigenvalue weighted by Crippen LogP contribution is 2.18. The van der Waals surface area contributed by atoms with Gasteiger partial charge in [-0.15, -0.1) is 0 Å². The molecule has 0 aromatic carbocycles. The zero-order chi connectivity index (χ0) is 8.41. The van der Waals surface area contributed by atoms with Gasteiger partial charge in [0.05, 0.1) is 0 Å². The van der Waals surface area contributed by atoms with E-state index in [9.17, 15) is 4.57 Å². The molecule has 0 aliphatic heterocycles. The molecule has 0 saturated heterocycles. The van der Waals surface area contributed by atoms with Crippen LogP contribution >= 0.6 is 8.25 Å². The Balaban J connectivity index is 0. The highest BCUT2D eigenvalue weighted by Gasteiger charge is 1.83. The van der Waals surface area contributed by atoms with Gasteiger partial charge in [0.1, 0.15) is 0 Å². The molecule has 5 heteroatoms. The lowest BCUT2D eigenvalue weighted by Gasteiger charge is -1.89. The smallest absolute Gasteiger partial charge is 0.318 e. The average Bonchev–Trinajstić information content (AvgIpc) is 2.03. The first-order valence-corrected chi connectivity index (χ1v) is 4.06. The number of hydrogen-bond donors (Lipinski definition) is 0. The predicted octanol–water partition coefficient (Wildman–Crippen LogP) is 1.32. The van der Waals surface area contributed by atoms with Crippen molar-refractivity contribution in [1.29, 1.82) is 0 Å². The first kappa shape index (κ1) is 12.8. The summed E-state index contributed by atoms with van der Waals surface area (Å²) < 4.78 is 22.9. The largest absolute Gasteiger partial charge is 0.385 e. The van der Waals surface area contributed by atoms with Gasteiger partial charge in [-0.3, -0.25) is 4.57 Å². The van der Waals surface area contributed by atoms with Crippen molar-refractivity contribution in [2.45, 2.75) is 6.92 Å². The van der Waals surface area contributed by atoms with Crippen LogP contribution in [0.25, 0.3) is 0 Å². The first-order valence-electron chi connectivity index (χ1n) is 2.83. The molecule has 0 unspecified atom stereocenters. The molecule has 0 atom stereocenters. The monoisotopic (exact) mass is 170 g/mol. The lowest BCUT2D eigenvalue weighted by Crippen LogP contribution is -1.73. The summed E-state index contributed by atoms with van der Waals surface area (Å²) in [5.41, 5.74) is 0. The Morgan fingerprint density at radius 3 is 1.50 bits per heavy atom. The summed E-state index contributed by atoms with van der Waals surface area (Å²) in [4.78, 5) is 0. The molecule has 0 saturated carbocycles. The molecule has 10 heavy (non-hydrogen) atoms. The van der Waals surface area contributed by atoms with Crippen molar-refractivity contribution in [2.75, 3.05) is 27.9 Å². The highest BCUT2D eigenvalue weighted by molar-refractivity contribution is 7.33. The fourth-order valence-corrected chi connectivity index (χ4v) is 0.250. The second-order valence-corrected chi connectivity index (χ2v) is 2.55. The van der Waals surface area contributed by atoms with E-state index < -0.39 is 8.25 Å². The normalized spacial score (nSPS) is 8.90. The first-order chi connectivity index (χ1) is 4.72. The van der Waals surface area contributed by atoms with E-state index in [2.05, 4.69) is 13.8 Å². The molecular formula is C5H15O4P. The topological polar surface area (TPSA) is 44.8 Å². The van der Waals surface area contributed by atoms with E-state index in [0.29, 0.717) is 0 Å². The third-order valence-corrected chi connectivity index (χ3v) is 1.29. The van der Waals surface area contributed by atoms with Gasteiger partial charge in [0.25, 0.3) is 0 Å². The summed E-state index contributed by atoms with van der Waals surface area (Å²) in [5.74, 6) is 0. The molecule has 4 nitrogen and oxygen atoms in total. The maximum atomic E-state index is 9.92. The summed E-state index contributed by atoms with van der Waals surface area (Å²) in [5, 5.41) is 0. The Labute approximate surface area is 62.4 Å². The van der Waals surface area contributed by atoms with Crippen LogP contribution in [0.4, 0.5) is 0 Å². The Bertz CT molecular complexity index is 68.0. The van der Waals surface area contributed by atoms with Gasteiger partial charge in [-0.25, -0.2) is 0 Å². The van der Waals surface area contributed by atoms with Crippen molar-refractivity contribution in [3.05, 3.63) is 0 Å². The van der Waals surface area contributed by atoms with Crippen LogP contribution in [0.5, 0.6) is 0 Å². The van der Waals surface area contributed by atoms with E-state index in [4.69, 9.17) is 0 Å². The van der Waals surface area contributed by atoms with Crippen molar-refractivity contribution in [3.8, 4) is 0 Å². The van der Waals surface area contributed by atoms with Crippen molar-refractivity contribution in [1.82, 2.24) is 0 Å². The Morgan fingerprint density at radius 1 is 1.20 bits per heavy atom. The minimum Gasteiger partial charge on any atom is -0.385 e. The van der Waals surface area contributed by atoms with Crippen LogP contribution in [0.15, 0.2) is 0 Å². The summed E-state index contributed by atoms with van der Waals surface area (Å²) in [6.45, 7) is 2.78. The van der Waals surface area contributed by atoms with Crippen LogP contribution in [-0.2, 0) is 18.3 Å². The maximum Gasteiger partial charge on any atom is 0.318 e. The van der Waals surface area contributed by atoms with E-state index in [1.807, 2.05) is 6.92 Å². The van der Waals surface area contributed by atoms with E-state index in [1.54, 1.807) is 7.11 Å². The van der Waals surface area contributed by atoms with Crippen molar-refractivity contribution >= 4 is 8.25 Å². The Kier molecular flexibility index (Phi) is 15.1. The lowest BCUT2D eigenvalue weighted by atomic mass is 10.9. The molecule has 0 rings (SSSR count). The standard InChI is InChI=1S/C3H8O.C2H7O3P/c1-3-4-2;1-4-6(3)5-2/h3H2,1-2H3;6H,1-2H3. The van der Waals surface area contributed by atoms with Crippen molar-refractivity contribution in [3.63, 3.8) is 0 Å². The molecule has 0 aliphatic rings. The summed E-state index contributed by atoms with van der Waals surface area (Å²) in [6, 6.07) is 0. The number of methoxy groups -OCH3 is 1. The Hall–Kier alpha value is 0.110. The zero-order valence-corrected chi connectivity index (χ0v) is 7.84. The molecule has 0 spiro atoms. The van der Waals surface area contributed by atoms with Gasteiger partial charge in [0, 0.05) is 27.9 Å². The van der Waals surface area contributed by atoms with E-state index in [0.717, 1.165) is 6.61 Å². The van der Waals surface area contributed by atoms with Gasteiger partial charge in [-0.1, -0.05) is 0 Å². The lowest BCUT2D eigenvalue weighted by molar-refractivity contribution is 0.215. The SMILES string of the molecule is CCOC.CO[PH](=O)OC. The molecule has 0 amide bonds. The van der Waals surface area contributed by atoms with Crippen molar-refractivity contribution < 1.29 is 18.3 Å². The number of ether oxygens (including phenoxy) is 1. The van der Waals surface area contributed by atoms with E-state index in [1.165, 1.54) is 14.2 Å². The van der Waals surface area contributed by atoms with Crippen LogP contribution in [0, 0.1) is 0 Å². The fraction of sp³-hybridized carbons (Fsp3) is 1.00. The maximum absolute atomic E-state index is 9.92. The summed E-state index contributed by atoms with van der Waals surface area (Å²) in [7, 11) is 2.24. The van der Waals surface area contributed by atoms with Gasteiger partial charge in [-0.2, -0.15) is 0 Å². The molecule has 0 aromatic rings. The zero-order valence-electron chi connectivity index (χ0n) is 6.84. The van der Waals surface area contributed by atoms with Crippen LogP contribution in [0.3, 0.4) is 0 Å². The van der Waals surface area contributed by atoms with Gasteiger partial charge >= 0.3 is 8.25 Å². The van der Waals surface area contributed by atoms with Crippen LogP contribution in [0.1, 0.15) is 6.92 Å². The Morgan fingerprint density at radius 2 is 1.50 bits per heavy atom. The van der Waals surface area contributed by atoms with Crippen LogP contribution in [0.2, 0.25) is 0 Å². The molecule has 0 aliphatic carbocycles. The number of hydrogen-bond acceptors (Lipinski definition) is 4. The molecule has 0 N–H and O–H groups in total. The van der Waals surface area contributed by atoms with E-state index in [-0.39, 0.29) is 0 Å². The van der Waals surface area contributed by atoms with Crippen LogP contribution < -0.4 is 0 Å². The molecular weight excluding hydrogens is 155 g/mol. The second-order valence-electron chi connectivity index (χ2n) is 1.24. The molecule has 64 valence electrons. The van der Waals surface area contributed by atoms with Gasteiger partial charge < -0.3 is 13.8 Å². The van der Waals surface area contributed by atoms with Crippen molar-refractivity contribution in [2.24, 2.45) is 0 Å². The predicted molar refractivity (Wildman–Crippen MR) is 40.6 cm³/mol. The summed E-state index contributed by atoms with van der Waals surface area (Å²) >= 11 is 0. The minimum atomic E-state index is -2.12. The third kappa shape index (κ3) is 15.7. The average molecular weight is 170 g/mol. The molecule has 0 aromatic heterocycles. The summed E-state index contributed by atoms with van der Waals surface area (Å²) in [6.07, 6.45) is 0. The highest BCUT2D eigenvalue weighted by atomic mass is 31.1. The fourth-order valence-electron chi connectivity index (χ4n) is 0.0833. The number of rotatable bonds is 3. The molecule has 0 heterocycles. The second kappa shape index (κ2) is 11.9.